The first-order chi connectivity index (χ1) is 14.7. The molecule has 0 bridgehead atoms. The minimum absolute atomic E-state index is 0.221. The molecule has 30 heavy (non-hydrogen) atoms. The van der Waals surface area contributed by atoms with Crippen molar-refractivity contribution >= 4 is 28.9 Å². The second kappa shape index (κ2) is 8.65. The van der Waals surface area contributed by atoms with E-state index >= 15 is 0 Å². The smallest absolute Gasteiger partial charge is 0.321 e. The molecule has 1 aromatic carbocycles. The Balaban J connectivity index is 1.93. The van der Waals surface area contributed by atoms with E-state index in [1.165, 1.54) is 0 Å². The molecule has 1 amide bonds. The van der Waals surface area contributed by atoms with E-state index in [9.17, 15) is 9.59 Å². The Hall–Kier alpha value is -3.22. The van der Waals surface area contributed by atoms with E-state index in [2.05, 4.69) is 11.9 Å². The van der Waals surface area contributed by atoms with Gasteiger partial charge in [0.15, 0.2) is 5.92 Å². The van der Waals surface area contributed by atoms with Crippen LogP contribution in [0.4, 0.5) is 5.95 Å². The number of pyridine rings is 1. The van der Waals surface area contributed by atoms with Gasteiger partial charge < -0.3 is 9.30 Å². The number of anilines is 1. The number of hydrogen-bond donors (Lipinski definition) is 0. The van der Waals surface area contributed by atoms with Crippen LogP contribution in [0.1, 0.15) is 44.7 Å². The zero-order chi connectivity index (χ0) is 21.1. The van der Waals surface area contributed by atoms with Crippen LogP contribution in [-0.4, -0.2) is 39.6 Å². The molecule has 4 rings (SSSR count). The van der Waals surface area contributed by atoms with Crippen LogP contribution < -0.4 is 4.90 Å². The SMILES string of the molecule is CCCCCN1C(=O)[C@H](C(=O)OCC)[C@@H](c2ccncc2)n2c1nc1ccccc12. The van der Waals surface area contributed by atoms with Gasteiger partial charge in [0.2, 0.25) is 11.9 Å². The van der Waals surface area contributed by atoms with Gasteiger partial charge in [0, 0.05) is 18.9 Å². The molecule has 1 aliphatic heterocycles. The summed E-state index contributed by atoms with van der Waals surface area (Å²) in [6.07, 6.45) is 6.24. The summed E-state index contributed by atoms with van der Waals surface area (Å²) in [5.41, 5.74) is 2.51. The second-order valence-corrected chi connectivity index (χ2v) is 7.42. The zero-order valence-electron chi connectivity index (χ0n) is 17.3. The number of unbranched alkanes of at least 4 members (excludes halogenated alkanes) is 2. The van der Waals surface area contributed by atoms with Gasteiger partial charge in [-0.25, -0.2) is 4.98 Å². The summed E-state index contributed by atoms with van der Waals surface area (Å²) in [5.74, 6) is -1.15. The Morgan fingerprint density at radius 1 is 1.10 bits per heavy atom. The molecule has 1 aliphatic rings. The lowest BCUT2D eigenvalue weighted by Crippen LogP contribution is -2.50. The molecule has 0 saturated carbocycles. The first-order valence-electron chi connectivity index (χ1n) is 10.5. The molecule has 0 aliphatic carbocycles. The fourth-order valence-electron chi connectivity index (χ4n) is 4.14. The van der Waals surface area contributed by atoms with Crippen molar-refractivity contribution in [3.8, 4) is 0 Å². The fraction of sp³-hybridized carbons (Fsp3) is 0.391. The fourth-order valence-corrected chi connectivity index (χ4v) is 4.14. The lowest BCUT2D eigenvalue weighted by molar-refractivity contribution is -0.153. The number of benzene rings is 1. The average Bonchev–Trinajstić information content (AvgIpc) is 3.14. The number of aromatic nitrogens is 3. The summed E-state index contributed by atoms with van der Waals surface area (Å²) in [7, 11) is 0. The van der Waals surface area contributed by atoms with Gasteiger partial charge in [0.1, 0.15) is 0 Å². The number of imidazole rings is 1. The number of hydrogen-bond acceptors (Lipinski definition) is 5. The molecular weight excluding hydrogens is 380 g/mol. The van der Waals surface area contributed by atoms with E-state index in [0.717, 1.165) is 35.9 Å². The highest BCUT2D eigenvalue weighted by Crippen LogP contribution is 2.41. The summed E-state index contributed by atoms with van der Waals surface area (Å²) < 4.78 is 7.36. The number of ether oxygens (including phenoxy) is 1. The molecule has 0 spiro atoms. The van der Waals surface area contributed by atoms with Crippen molar-refractivity contribution in [2.75, 3.05) is 18.1 Å². The average molecular weight is 406 g/mol. The van der Waals surface area contributed by atoms with Crippen molar-refractivity contribution in [2.45, 2.75) is 39.2 Å². The van der Waals surface area contributed by atoms with Crippen LogP contribution in [0.2, 0.25) is 0 Å². The normalized spacial score (nSPS) is 18.5. The summed E-state index contributed by atoms with van der Waals surface area (Å²) in [5, 5.41) is 0. The summed E-state index contributed by atoms with van der Waals surface area (Å²) in [4.78, 5) is 37.2. The van der Waals surface area contributed by atoms with E-state index in [-0.39, 0.29) is 12.5 Å². The van der Waals surface area contributed by atoms with Crippen LogP contribution in [0, 0.1) is 5.92 Å². The van der Waals surface area contributed by atoms with Crippen molar-refractivity contribution in [1.29, 1.82) is 0 Å². The van der Waals surface area contributed by atoms with E-state index in [1.807, 2.05) is 41.0 Å². The van der Waals surface area contributed by atoms with Gasteiger partial charge in [-0.1, -0.05) is 31.9 Å². The molecule has 0 unspecified atom stereocenters. The Labute approximate surface area is 175 Å². The van der Waals surface area contributed by atoms with Gasteiger partial charge in [-0.3, -0.25) is 19.5 Å². The Kier molecular flexibility index (Phi) is 5.79. The minimum atomic E-state index is -0.973. The molecule has 0 radical (unpaired) electrons. The number of para-hydroxylation sites is 2. The van der Waals surface area contributed by atoms with Crippen molar-refractivity contribution in [1.82, 2.24) is 14.5 Å². The highest BCUT2D eigenvalue weighted by molar-refractivity contribution is 6.08. The van der Waals surface area contributed by atoms with Crippen molar-refractivity contribution in [3.05, 3.63) is 54.4 Å². The number of esters is 1. The Bertz CT molecular complexity index is 1050. The Morgan fingerprint density at radius 3 is 2.60 bits per heavy atom. The molecular formula is C23H26N4O3. The molecule has 2 aromatic heterocycles. The number of nitrogens with zero attached hydrogens (tertiary/aromatic N) is 4. The van der Waals surface area contributed by atoms with Gasteiger partial charge in [-0.05, 0) is 43.2 Å². The predicted molar refractivity (Wildman–Crippen MR) is 114 cm³/mol. The number of carbonyl (C=O) groups excluding carboxylic acids is 2. The highest BCUT2D eigenvalue weighted by Gasteiger charge is 2.47. The molecule has 7 heteroatoms. The molecule has 3 aromatic rings. The number of amides is 1. The lowest BCUT2D eigenvalue weighted by atomic mass is 9.90. The van der Waals surface area contributed by atoms with Gasteiger partial charge in [0.05, 0.1) is 23.7 Å². The molecule has 0 saturated heterocycles. The third-order valence-electron chi connectivity index (χ3n) is 5.52. The minimum Gasteiger partial charge on any atom is -0.465 e. The van der Waals surface area contributed by atoms with Gasteiger partial charge in [-0.2, -0.15) is 0 Å². The third-order valence-corrected chi connectivity index (χ3v) is 5.52. The monoisotopic (exact) mass is 406 g/mol. The maximum Gasteiger partial charge on any atom is 0.321 e. The topological polar surface area (TPSA) is 77.3 Å². The van der Waals surface area contributed by atoms with E-state index in [4.69, 9.17) is 9.72 Å². The van der Waals surface area contributed by atoms with Crippen LogP contribution in [0.25, 0.3) is 11.0 Å². The maximum atomic E-state index is 13.6. The zero-order valence-corrected chi connectivity index (χ0v) is 17.3. The van der Waals surface area contributed by atoms with Crippen LogP contribution in [0.15, 0.2) is 48.8 Å². The van der Waals surface area contributed by atoms with Crippen molar-refractivity contribution in [2.24, 2.45) is 5.92 Å². The van der Waals surface area contributed by atoms with Crippen molar-refractivity contribution in [3.63, 3.8) is 0 Å². The lowest BCUT2D eigenvalue weighted by Gasteiger charge is -2.37. The largest absolute Gasteiger partial charge is 0.465 e. The number of fused-ring (bicyclic) bond motifs is 3. The third kappa shape index (κ3) is 3.44. The molecule has 7 nitrogen and oxygen atoms in total. The highest BCUT2D eigenvalue weighted by atomic mass is 16.5. The summed E-state index contributed by atoms with van der Waals surface area (Å²) >= 11 is 0. The first kappa shape index (κ1) is 20.1. The Morgan fingerprint density at radius 2 is 1.87 bits per heavy atom. The van der Waals surface area contributed by atoms with E-state index in [1.54, 1.807) is 24.2 Å². The summed E-state index contributed by atoms with van der Waals surface area (Å²) in [6.45, 7) is 4.62. The van der Waals surface area contributed by atoms with Crippen LogP contribution >= 0.6 is 0 Å². The summed E-state index contributed by atoms with van der Waals surface area (Å²) in [6, 6.07) is 10.9. The predicted octanol–water partition coefficient (Wildman–Crippen LogP) is 3.74. The van der Waals surface area contributed by atoms with Crippen molar-refractivity contribution < 1.29 is 14.3 Å². The van der Waals surface area contributed by atoms with Gasteiger partial charge in [0.25, 0.3) is 0 Å². The van der Waals surface area contributed by atoms with Crippen LogP contribution in [-0.2, 0) is 14.3 Å². The maximum absolute atomic E-state index is 13.6. The molecule has 0 fully saturated rings. The molecule has 2 atom stereocenters. The van der Waals surface area contributed by atoms with Crippen LogP contribution in [0.3, 0.4) is 0 Å². The standard InChI is InChI=1S/C23H26N4O3/c1-3-5-8-15-26-21(28)19(22(29)30-4-2)20(16-11-13-24-14-12-16)27-18-10-7-6-9-17(18)25-23(26)27/h6-7,9-14,19-20H,3-5,8,15H2,1-2H3/t19-,20-/m1/s1. The quantitative estimate of drug-likeness (QED) is 0.339. The molecule has 156 valence electrons. The first-order valence-corrected chi connectivity index (χ1v) is 10.5. The second-order valence-electron chi connectivity index (χ2n) is 7.42. The van der Waals surface area contributed by atoms with Gasteiger partial charge in [-0.15, -0.1) is 0 Å². The number of carbonyl (C=O) groups is 2. The molecule has 0 N–H and O–H groups in total. The number of rotatable bonds is 7. The van der Waals surface area contributed by atoms with E-state index < -0.39 is 17.9 Å². The van der Waals surface area contributed by atoms with E-state index in [0.29, 0.717) is 12.5 Å². The molecule has 3 heterocycles. The van der Waals surface area contributed by atoms with Gasteiger partial charge >= 0.3 is 5.97 Å². The van der Waals surface area contributed by atoms with Crippen LogP contribution in [0.5, 0.6) is 0 Å².